The number of piperidine rings is 1. The largest absolute Gasteiger partial charge is 0.351 e. The van der Waals surface area contributed by atoms with Crippen molar-refractivity contribution in [3.05, 3.63) is 46.0 Å². The second-order valence-electron chi connectivity index (χ2n) is 5.08. The average molecular weight is 289 g/mol. The molecule has 1 unspecified atom stereocenters. The van der Waals surface area contributed by atoms with Gasteiger partial charge in [0, 0.05) is 30.8 Å². The van der Waals surface area contributed by atoms with E-state index >= 15 is 0 Å². The topological polar surface area (TPSA) is 84.3 Å². The molecule has 0 radical (unpaired) electrons. The van der Waals surface area contributed by atoms with E-state index in [0.717, 1.165) is 13.0 Å². The zero-order chi connectivity index (χ0) is 15.1. The zero-order valence-corrected chi connectivity index (χ0v) is 11.7. The number of hydrogen-bond donors (Lipinski definition) is 2. The molecule has 0 aliphatic carbocycles. The molecule has 2 rings (SSSR count). The Kier molecular flexibility index (Phi) is 5.45. The minimum atomic E-state index is -0.452. The van der Waals surface area contributed by atoms with Gasteiger partial charge in [-0.2, -0.15) is 0 Å². The Morgan fingerprint density at radius 1 is 1.48 bits per heavy atom. The van der Waals surface area contributed by atoms with Crippen LogP contribution in [0, 0.1) is 10.1 Å². The van der Waals surface area contributed by atoms with Crippen molar-refractivity contribution in [2.24, 2.45) is 0 Å². The molecule has 6 heteroatoms. The number of benzene rings is 1. The van der Waals surface area contributed by atoms with E-state index in [2.05, 4.69) is 10.6 Å². The van der Waals surface area contributed by atoms with Crippen molar-refractivity contribution in [1.29, 1.82) is 0 Å². The molecule has 0 spiro atoms. The molecule has 21 heavy (non-hydrogen) atoms. The maximum Gasteiger partial charge on any atom is 0.270 e. The molecule has 2 N–H and O–H groups in total. The molecule has 112 valence electrons. The first-order valence-corrected chi connectivity index (χ1v) is 7.09. The minimum Gasteiger partial charge on any atom is -0.351 e. The summed E-state index contributed by atoms with van der Waals surface area (Å²) in [4.78, 5) is 21.9. The minimum absolute atomic E-state index is 0.0176. The Labute approximate surface area is 123 Å². The maximum atomic E-state index is 11.7. The van der Waals surface area contributed by atoms with Crippen LogP contribution in [0.2, 0.25) is 0 Å². The van der Waals surface area contributed by atoms with Crippen molar-refractivity contribution >= 4 is 17.7 Å². The normalized spacial score (nSPS) is 18.6. The van der Waals surface area contributed by atoms with Crippen LogP contribution in [-0.4, -0.2) is 30.0 Å². The second-order valence-corrected chi connectivity index (χ2v) is 5.08. The number of carbonyl (C=O) groups is 1. The molecule has 1 saturated heterocycles. The molecule has 0 aromatic heterocycles. The summed E-state index contributed by atoms with van der Waals surface area (Å²) in [7, 11) is 0. The van der Waals surface area contributed by atoms with Crippen LogP contribution in [0.1, 0.15) is 24.8 Å². The van der Waals surface area contributed by atoms with Gasteiger partial charge < -0.3 is 10.6 Å². The van der Waals surface area contributed by atoms with Crippen molar-refractivity contribution in [2.75, 3.05) is 13.1 Å². The number of nitrogens with one attached hydrogen (secondary N) is 2. The van der Waals surface area contributed by atoms with E-state index in [9.17, 15) is 14.9 Å². The van der Waals surface area contributed by atoms with Crippen molar-refractivity contribution in [2.45, 2.75) is 25.3 Å². The summed E-state index contributed by atoms with van der Waals surface area (Å²) in [6.45, 7) is 1.61. The van der Waals surface area contributed by atoms with E-state index in [4.69, 9.17) is 0 Å². The van der Waals surface area contributed by atoms with Gasteiger partial charge in [0.25, 0.3) is 5.69 Å². The van der Waals surface area contributed by atoms with E-state index in [-0.39, 0.29) is 11.6 Å². The highest BCUT2D eigenvalue weighted by atomic mass is 16.6. The number of nitro groups is 1. The highest BCUT2D eigenvalue weighted by Crippen LogP contribution is 2.14. The molecule has 1 aliphatic heterocycles. The van der Waals surface area contributed by atoms with E-state index in [1.165, 1.54) is 31.1 Å². The van der Waals surface area contributed by atoms with Crippen molar-refractivity contribution < 1.29 is 9.72 Å². The lowest BCUT2D eigenvalue weighted by molar-refractivity contribution is -0.384. The highest BCUT2D eigenvalue weighted by molar-refractivity contribution is 5.91. The van der Waals surface area contributed by atoms with Crippen LogP contribution >= 0.6 is 0 Å². The quantitative estimate of drug-likeness (QED) is 0.492. The molecule has 1 atom stereocenters. The number of nitrogens with zero attached hydrogens (tertiary/aromatic N) is 1. The summed E-state index contributed by atoms with van der Waals surface area (Å²) < 4.78 is 0. The zero-order valence-electron chi connectivity index (χ0n) is 11.7. The molecule has 1 fully saturated rings. The molecule has 1 aromatic carbocycles. The first kappa shape index (κ1) is 15.2. The number of carbonyl (C=O) groups excluding carboxylic acids is 1. The van der Waals surface area contributed by atoms with Gasteiger partial charge >= 0.3 is 0 Å². The summed E-state index contributed by atoms with van der Waals surface area (Å²) in [5, 5.41) is 16.9. The van der Waals surface area contributed by atoms with E-state index in [0.29, 0.717) is 18.2 Å². The van der Waals surface area contributed by atoms with E-state index in [1.807, 2.05) is 0 Å². The number of non-ortho nitro benzene ring substituents is 1. The van der Waals surface area contributed by atoms with Crippen LogP contribution in [-0.2, 0) is 4.79 Å². The third kappa shape index (κ3) is 5.00. The Morgan fingerprint density at radius 2 is 2.33 bits per heavy atom. The summed E-state index contributed by atoms with van der Waals surface area (Å²) in [5.74, 6) is -0.186. The summed E-state index contributed by atoms with van der Waals surface area (Å²) in [6, 6.07) is 6.52. The van der Waals surface area contributed by atoms with Crippen LogP contribution < -0.4 is 10.6 Å². The first-order chi connectivity index (χ1) is 10.1. The molecule has 1 aromatic rings. The molecule has 0 bridgehead atoms. The standard InChI is InChI=1S/C15H19N3O3/c19-15(17-11-13-5-1-2-9-16-13)8-7-12-4-3-6-14(10-12)18(20)21/h3-4,6-8,10,13,16H,1-2,5,9,11H2,(H,17,19). The van der Waals surface area contributed by atoms with Crippen LogP contribution in [0.15, 0.2) is 30.3 Å². The van der Waals surface area contributed by atoms with Gasteiger partial charge in [0.05, 0.1) is 4.92 Å². The van der Waals surface area contributed by atoms with Crippen LogP contribution in [0.25, 0.3) is 6.08 Å². The van der Waals surface area contributed by atoms with Crippen LogP contribution in [0.5, 0.6) is 0 Å². The third-order valence-electron chi connectivity index (χ3n) is 3.44. The van der Waals surface area contributed by atoms with Gasteiger partial charge in [-0.05, 0) is 31.0 Å². The van der Waals surface area contributed by atoms with Crippen LogP contribution in [0.4, 0.5) is 5.69 Å². The fourth-order valence-electron chi connectivity index (χ4n) is 2.29. The first-order valence-electron chi connectivity index (χ1n) is 7.09. The smallest absolute Gasteiger partial charge is 0.270 e. The molecular formula is C15H19N3O3. The van der Waals surface area contributed by atoms with Gasteiger partial charge in [-0.3, -0.25) is 14.9 Å². The Hall–Kier alpha value is -2.21. The predicted molar refractivity (Wildman–Crippen MR) is 80.8 cm³/mol. The van der Waals surface area contributed by atoms with E-state index < -0.39 is 4.92 Å². The molecule has 1 heterocycles. The fourth-order valence-corrected chi connectivity index (χ4v) is 2.29. The third-order valence-corrected chi connectivity index (χ3v) is 3.44. The monoisotopic (exact) mass is 289 g/mol. The van der Waals surface area contributed by atoms with Crippen molar-refractivity contribution in [3.63, 3.8) is 0 Å². The Balaban J connectivity index is 1.83. The molecular weight excluding hydrogens is 270 g/mol. The number of amides is 1. The average Bonchev–Trinajstić information content (AvgIpc) is 2.52. The van der Waals surface area contributed by atoms with E-state index in [1.54, 1.807) is 18.2 Å². The van der Waals surface area contributed by atoms with Gasteiger partial charge in [0.1, 0.15) is 0 Å². The summed E-state index contributed by atoms with van der Waals surface area (Å²) >= 11 is 0. The number of nitro benzene ring substituents is 1. The Morgan fingerprint density at radius 3 is 3.05 bits per heavy atom. The van der Waals surface area contributed by atoms with Crippen LogP contribution in [0.3, 0.4) is 0 Å². The Bertz CT molecular complexity index is 537. The van der Waals surface area contributed by atoms with Gasteiger partial charge in [0.2, 0.25) is 5.91 Å². The SMILES string of the molecule is O=C(C=Cc1cccc([N+](=O)[O-])c1)NCC1CCCCN1. The highest BCUT2D eigenvalue weighted by Gasteiger charge is 2.12. The molecule has 6 nitrogen and oxygen atoms in total. The lowest BCUT2D eigenvalue weighted by atomic mass is 10.1. The van der Waals surface area contributed by atoms with Gasteiger partial charge in [-0.15, -0.1) is 0 Å². The van der Waals surface area contributed by atoms with Gasteiger partial charge in [-0.25, -0.2) is 0 Å². The molecule has 1 aliphatic rings. The summed E-state index contributed by atoms with van der Waals surface area (Å²) in [6.07, 6.45) is 6.45. The fraction of sp³-hybridized carbons (Fsp3) is 0.400. The molecule has 1 amide bonds. The maximum absolute atomic E-state index is 11.7. The van der Waals surface area contributed by atoms with Crippen molar-refractivity contribution in [3.8, 4) is 0 Å². The summed E-state index contributed by atoms with van der Waals surface area (Å²) in [5.41, 5.74) is 0.652. The second kappa shape index (κ2) is 7.54. The predicted octanol–water partition coefficient (Wildman–Crippen LogP) is 1.87. The lowest BCUT2D eigenvalue weighted by Gasteiger charge is -2.23. The number of rotatable bonds is 5. The van der Waals surface area contributed by atoms with Gasteiger partial charge in [-0.1, -0.05) is 18.6 Å². The lowest BCUT2D eigenvalue weighted by Crippen LogP contribution is -2.43. The number of hydrogen-bond acceptors (Lipinski definition) is 4. The van der Waals surface area contributed by atoms with Gasteiger partial charge in [0.15, 0.2) is 0 Å². The molecule has 0 saturated carbocycles. The van der Waals surface area contributed by atoms with Crippen molar-refractivity contribution in [1.82, 2.24) is 10.6 Å².